The molecule has 0 radical (unpaired) electrons. The molecule has 5 heteroatoms. The smallest absolute Gasteiger partial charge is 0.174 e. The minimum Gasteiger partial charge on any atom is -0.504 e. The second kappa shape index (κ2) is 4.38. The number of aliphatic hydroxyl groups is 1. The Morgan fingerprint density at radius 3 is 2.92 bits per heavy atom. The van der Waals surface area contributed by atoms with Gasteiger partial charge in [0.1, 0.15) is 0 Å². The lowest BCUT2D eigenvalue weighted by molar-refractivity contribution is -0.188. The van der Waals surface area contributed by atoms with Gasteiger partial charge in [-0.2, -0.15) is 0 Å². The van der Waals surface area contributed by atoms with Gasteiger partial charge in [0.25, 0.3) is 0 Å². The Morgan fingerprint density at radius 1 is 1.28 bits per heavy atom. The maximum atomic E-state index is 12.7. The number of carbonyl (C=O) groups excluding carboxylic acids is 1. The van der Waals surface area contributed by atoms with Crippen molar-refractivity contribution in [2.75, 3.05) is 13.1 Å². The summed E-state index contributed by atoms with van der Waals surface area (Å²) in [7, 11) is 0. The summed E-state index contributed by atoms with van der Waals surface area (Å²) in [4.78, 5) is 15.2. The van der Waals surface area contributed by atoms with Crippen LogP contribution in [0.15, 0.2) is 12.1 Å². The van der Waals surface area contributed by atoms with Gasteiger partial charge in [-0.3, -0.25) is 9.69 Å². The summed E-state index contributed by atoms with van der Waals surface area (Å²) in [6.07, 6.45) is 4.33. The molecule has 4 atom stereocenters. The highest BCUT2D eigenvalue weighted by molar-refractivity contribution is 5.90. The van der Waals surface area contributed by atoms with Crippen molar-refractivity contribution in [2.24, 2.45) is 5.92 Å². The minimum absolute atomic E-state index is 0.0454. The zero-order valence-electron chi connectivity index (χ0n) is 14.2. The number of benzene rings is 1. The number of carbonyl (C=O) groups is 1. The van der Waals surface area contributed by atoms with Crippen LogP contribution in [0.5, 0.6) is 11.5 Å². The van der Waals surface area contributed by atoms with E-state index in [1.807, 2.05) is 6.07 Å². The van der Waals surface area contributed by atoms with E-state index in [1.54, 1.807) is 6.07 Å². The molecule has 2 N–H and O–H groups in total. The molecule has 1 aromatic rings. The summed E-state index contributed by atoms with van der Waals surface area (Å²) >= 11 is 0. The van der Waals surface area contributed by atoms with E-state index >= 15 is 0 Å². The van der Waals surface area contributed by atoms with Gasteiger partial charge in [0.05, 0.1) is 11.0 Å². The number of nitrogens with zero attached hydrogens (tertiary/aromatic N) is 1. The lowest BCUT2D eigenvalue weighted by atomic mass is 9.49. The summed E-state index contributed by atoms with van der Waals surface area (Å²) in [5.41, 5.74) is 0.454. The van der Waals surface area contributed by atoms with Crippen LogP contribution in [0.1, 0.15) is 43.2 Å². The second-order valence-corrected chi connectivity index (χ2v) is 8.72. The molecule has 1 aromatic carbocycles. The summed E-state index contributed by atoms with van der Waals surface area (Å²) in [6, 6.07) is 3.69. The van der Waals surface area contributed by atoms with Gasteiger partial charge in [-0.1, -0.05) is 6.07 Å². The van der Waals surface area contributed by atoms with Crippen molar-refractivity contribution in [1.29, 1.82) is 0 Å². The zero-order chi connectivity index (χ0) is 17.0. The number of rotatable bonds is 2. The van der Waals surface area contributed by atoms with Gasteiger partial charge in [-0.15, -0.1) is 0 Å². The number of phenolic OH excluding ortho intramolecular Hbond substituents is 1. The molecule has 25 heavy (non-hydrogen) atoms. The highest BCUT2D eigenvalue weighted by Crippen LogP contribution is 2.64. The number of likely N-dealkylation sites (tertiary alicyclic amines) is 1. The van der Waals surface area contributed by atoms with Gasteiger partial charge in [0.15, 0.2) is 23.4 Å². The zero-order valence-corrected chi connectivity index (χ0v) is 14.2. The molecule has 1 spiro atoms. The molecular weight excluding hydrogens is 318 g/mol. The van der Waals surface area contributed by atoms with Crippen LogP contribution in [0.2, 0.25) is 0 Å². The fourth-order valence-electron chi connectivity index (χ4n) is 6.26. The van der Waals surface area contributed by atoms with Crippen molar-refractivity contribution >= 4 is 5.78 Å². The molecule has 5 nitrogen and oxygen atoms in total. The average Bonchev–Trinajstić information content (AvgIpc) is 3.32. The quantitative estimate of drug-likeness (QED) is 0.854. The average molecular weight is 341 g/mol. The van der Waals surface area contributed by atoms with Crippen molar-refractivity contribution in [3.05, 3.63) is 23.3 Å². The largest absolute Gasteiger partial charge is 0.504 e. The molecule has 3 aliphatic carbocycles. The van der Waals surface area contributed by atoms with Gasteiger partial charge >= 0.3 is 0 Å². The number of phenols is 1. The van der Waals surface area contributed by atoms with E-state index in [0.717, 1.165) is 43.0 Å². The molecule has 2 heterocycles. The molecule has 132 valence electrons. The molecule has 2 saturated carbocycles. The van der Waals surface area contributed by atoms with Crippen LogP contribution < -0.4 is 4.74 Å². The van der Waals surface area contributed by atoms with Gasteiger partial charge in [-0.05, 0) is 56.2 Å². The van der Waals surface area contributed by atoms with Gasteiger partial charge in [-0.25, -0.2) is 0 Å². The third-order valence-corrected chi connectivity index (χ3v) is 7.56. The SMILES string of the molecule is O=C1CC[C@]2(O)[C@@H]3Cc4ccc(O)c5c4[C@]2(CCN3CC2CC2)C1O5. The van der Waals surface area contributed by atoms with E-state index in [2.05, 4.69) is 4.90 Å². The number of ether oxygens (including phenoxy) is 1. The lowest BCUT2D eigenvalue weighted by Crippen LogP contribution is -2.76. The lowest BCUT2D eigenvalue weighted by Gasteiger charge is -2.62. The molecule has 5 aliphatic rings. The molecule has 0 amide bonds. The summed E-state index contributed by atoms with van der Waals surface area (Å²) in [6.45, 7) is 1.95. The molecule has 1 saturated heterocycles. The van der Waals surface area contributed by atoms with Crippen LogP contribution in [0.4, 0.5) is 0 Å². The van der Waals surface area contributed by atoms with Crippen LogP contribution in [-0.4, -0.2) is 51.7 Å². The Labute approximate surface area is 146 Å². The Balaban J connectivity index is 1.58. The van der Waals surface area contributed by atoms with E-state index in [9.17, 15) is 15.0 Å². The molecule has 2 bridgehead atoms. The maximum Gasteiger partial charge on any atom is 0.174 e. The highest BCUT2D eigenvalue weighted by atomic mass is 16.5. The van der Waals surface area contributed by atoms with Crippen LogP contribution >= 0.6 is 0 Å². The first-order valence-electron chi connectivity index (χ1n) is 9.56. The molecular formula is C20H23NO4. The third kappa shape index (κ3) is 1.56. The first-order valence-corrected chi connectivity index (χ1v) is 9.56. The van der Waals surface area contributed by atoms with Crippen LogP contribution in [0, 0.1) is 5.92 Å². The monoisotopic (exact) mass is 341 g/mol. The van der Waals surface area contributed by atoms with Crippen molar-refractivity contribution in [3.63, 3.8) is 0 Å². The number of Topliss-reactive ketones (excluding diaryl/α,β-unsaturated/α-hetero) is 1. The van der Waals surface area contributed by atoms with Crippen molar-refractivity contribution in [1.82, 2.24) is 4.90 Å². The van der Waals surface area contributed by atoms with Crippen molar-refractivity contribution in [3.8, 4) is 11.5 Å². The van der Waals surface area contributed by atoms with Crippen LogP contribution in [0.3, 0.4) is 0 Å². The van der Waals surface area contributed by atoms with E-state index in [4.69, 9.17) is 4.74 Å². The van der Waals surface area contributed by atoms with Gasteiger partial charge in [0.2, 0.25) is 0 Å². The predicted molar refractivity (Wildman–Crippen MR) is 89.8 cm³/mol. The minimum atomic E-state index is -0.940. The number of hydrogen-bond acceptors (Lipinski definition) is 5. The molecule has 3 fully saturated rings. The molecule has 6 rings (SSSR count). The standard InChI is InChI=1S/C20H23NO4/c22-13-4-3-12-9-15-20(24)6-5-14(23)18-19(20,16(12)17(13)25-18)7-8-21(15)10-11-1-2-11/h3-4,11,15,18,22,24H,1-2,5-10H2/t15-,18?,19+,20-/m0/s1. The van der Waals surface area contributed by atoms with Gasteiger partial charge < -0.3 is 14.9 Å². The second-order valence-electron chi connectivity index (χ2n) is 8.72. The highest BCUT2D eigenvalue weighted by Gasteiger charge is 2.73. The van der Waals surface area contributed by atoms with Crippen LogP contribution in [0.25, 0.3) is 0 Å². The number of hydrogen-bond donors (Lipinski definition) is 2. The Kier molecular flexibility index (Phi) is 2.55. The number of ketones is 1. The number of piperidine rings is 1. The van der Waals surface area contributed by atoms with Crippen molar-refractivity contribution < 1.29 is 19.7 Å². The third-order valence-electron chi connectivity index (χ3n) is 7.56. The van der Waals surface area contributed by atoms with Gasteiger partial charge in [0, 0.05) is 24.6 Å². The normalized spacial score (nSPS) is 41.4. The topological polar surface area (TPSA) is 70.0 Å². The first kappa shape index (κ1) is 14.6. The Bertz CT molecular complexity index is 803. The number of aromatic hydroxyl groups is 1. The first-order chi connectivity index (χ1) is 12.0. The molecule has 2 aliphatic heterocycles. The van der Waals surface area contributed by atoms with E-state index in [1.165, 1.54) is 12.8 Å². The summed E-state index contributed by atoms with van der Waals surface area (Å²) in [5.74, 6) is 1.39. The van der Waals surface area contributed by atoms with Crippen LogP contribution in [-0.2, 0) is 16.6 Å². The van der Waals surface area contributed by atoms with E-state index < -0.39 is 17.1 Å². The fraction of sp³-hybridized carbons (Fsp3) is 0.650. The Morgan fingerprint density at radius 2 is 2.12 bits per heavy atom. The summed E-state index contributed by atoms with van der Waals surface area (Å²) < 4.78 is 6.04. The van der Waals surface area contributed by atoms with E-state index in [-0.39, 0.29) is 17.6 Å². The fourth-order valence-corrected chi connectivity index (χ4v) is 6.26. The predicted octanol–water partition coefficient (Wildman–Crippen LogP) is 1.53. The van der Waals surface area contributed by atoms with Crippen molar-refractivity contribution in [2.45, 2.75) is 61.7 Å². The maximum absolute atomic E-state index is 12.7. The Hall–Kier alpha value is -1.59. The molecule has 1 unspecified atom stereocenters. The van der Waals surface area contributed by atoms with E-state index in [0.29, 0.717) is 18.6 Å². The summed E-state index contributed by atoms with van der Waals surface area (Å²) in [5, 5.41) is 22.3. The molecule has 0 aromatic heterocycles.